The number of methoxy groups -OCH3 is 1. The number of aryl methyl sites for hydroxylation is 1. The van der Waals surface area contributed by atoms with E-state index in [0.29, 0.717) is 18.9 Å². The number of nitrogens with one attached hydrogen (secondary N) is 3. The fraction of sp³-hybridized carbons (Fsp3) is 0.405. The van der Waals surface area contributed by atoms with E-state index in [-0.39, 0.29) is 23.9 Å². The molecular formula is C37H44N8O6. The molecule has 4 amide bonds. The van der Waals surface area contributed by atoms with E-state index >= 15 is 0 Å². The van der Waals surface area contributed by atoms with Crippen molar-refractivity contribution in [1.82, 2.24) is 40.0 Å². The van der Waals surface area contributed by atoms with Gasteiger partial charge in [0, 0.05) is 31.4 Å². The van der Waals surface area contributed by atoms with Crippen molar-refractivity contribution >= 4 is 24.0 Å². The zero-order chi connectivity index (χ0) is 36.4. The Kier molecular flexibility index (Phi) is 10.1. The minimum absolute atomic E-state index is 0.174. The van der Waals surface area contributed by atoms with E-state index in [1.807, 2.05) is 31.2 Å². The Bertz CT molecular complexity index is 1900. The summed E-state index contributed by atoms with van der Waals surface area (Å²) >= 11 is 0. The minimum Gasteiger partial charge on any atom is -0.465 e. The number of amides is 4. The van der Waals surface area contributed by atoms with Crippen LogP contribution in [0.1, 0.15) is 69.0 Å². The molecule has 2 aromatic carbocycles. The van der Waals surface area contributed by atoms with E-state index in [2.05, 4.69) is 49.3 Å². The molecule has 268 valence electrons. The summed E-state index contributed by atoms with van der Waals surface area (Å²) in [6, 6.07) is 14.4. The van der Waals surface area contributed by atoms with Crippen LogP contribution in [-0.4, -0.2) is 103 Å². The monoisotopic (exact) mass is 696 g/mol. The smallest absolute Gasteiger partial charge is 0.407 e. The van der Waals surface area contributed by atoms with Crippen LogP contribution in [0.15, 0.2) is 54.7 Å². The molecule has 0 unspecified atom stereocenters. The Morgan fingerprint density at radius 3 is 2.00 bits per heavy atom. The largest absolute Gasteiger partial charge is 0.465 e. The van der Waals surface area contributed by atoms with Gasteiger partial charge in [-0.1, -0.05) is 48.5 Å². The van der Waals surface area contributed by atoms with Gasteiger partial charge in [-0.25, -0.2) is 19.6 Å². The summed E-state index contributed by atoms with van der Waals surface area (Å²) in [4.78, 5) is 70.2. The number of aromatic nitrogens is 4. The Hall–Kier alpha value is -5.66. The normalized spacial score (nSPS) is 18.4. The molecule has 2 saturated heterocycles. The number of likely N-dealkylation sites (tertiary alicyclic amines) is 2. The number of imidazole rings is 2. The molecule has 0 radical (unpaired) electrons. The maximum absolute atomic E-state index is 13.1. The van der Waals surface area contributed by atoms with Crippen molar-refractivity contribution in [1.29, 1.82) is 0 Å². The zero-order valence-corrected chi connectivity index (χ0v) is 29.5. The van der Waals surface area contributed by atoms with Gasteiger partial charge in [0.2, 0.25) is 11.8 Å². The van der Waals surface area contributed by atoms with E-state index < -0.39 is 24.3 Å². The number of carbonyl (C=O) groups excluding carboxylic acids is 3. The number of aromatic amines is 2. The number of likely N-dealkylation sites (N-methyl/N-ethyl adjacent to an activating group) is 1. The predicted octanol–water partition coefficient (Wildman–Crippen LogP) is 5.51. The molecule has 14 nitrogen and oxygen atoms in total. The van der Waals surface area contributed by atoms with Gasteiger partial charge in [0.05, 0.1) is 36.8 Å². The molecule has 4 aromatic rings. The first-order valence-corrected chi connectivity index (χ1v) is 17.2. The van der Waals surface area contributed by atoms with Crippen molar-refractivity contribution in [2.75, 3.05) is 27.2 Å². The van der Waals surface area contributed by atoms with E-state index in [4.69, 9.17) is 4.98 Å². The van der Waals surface area contributed by atoms with Gasteiger partial charge < -0.3 is 34.9 Å². The van der Waals surface area contributed by atoms with Crippen LogP contribution in [0, 0.1) is 6.92 Å². The minimum atomic E-state index is -1.14. The molecule has 0 spiro atoms. The molecule has 0 bridgehead atoms. The third-order valence-electron chi connectivity index (χ3n) is 10.0. The van der Waals surface area contributed by atoms with E-state index in [1.54, 1.807) is 29.8 Å². The predicted molar refractivity (Wildman–Crippen MR) is 189 cm³/mol. The molecule has 4 N–H and O–H groups in total. The van der Waals surface area contributed by atoms with Crippen molar-refractivity contribution in [3.05, 3.63) is 72.1 Å². The summed E-state index contributed by atoms with van der Waals surface area (Å²) < 4.78 is 4.65. The molecule has 4 atom stereocenters. The van der Waals surface area contributed by atoms with E-state index in [9.17, 15) is 24.3 Å². The fourth-order valence-electron chi connectivity index (χ4n) is 6.98. The second-order valence-electron chi connectivity index (χ2n) is 13.2. The van der Waals surface area contributed by atoms with Crippen LogP contribution in [0.25, 0.3) is 33.6 Å². The SMILES string of the molecule is COC(=O)N[C@@H](C)C(=O)N1CCC[C@H]1c1nc(-c2ccc(-c3ccc(-c4cnc([C@@H]5CCCN5C(=O)[C@H](C)N(C)C(=O)O)[nH]4)cc3)cc2)c(C)[nH]1. The molecule has 2 aromatic heterocycles. The number of rotatable bonds is 9. The second-order valence-corrected chi connectivity index (χ2v) is 13.2. The first kappa shape index (κ1) is 35.2. The molecule has 2 aliphatic rings. The second kappa shape index (κ2) is 14.7. The van der Waals surface area contributed by atoms with Gasteiger partial charge in [-0.3, -0.25) is 14.5 Å². The summed E-state index contributed by atoms with van der Waals surface area (Å²) in [6.45, 7) is 6.38. The van der Waals surface area contributed by atoms with Gasteiger partial charge in [0.15, 0.2) is 0 Å². The van der Waals surface area contributed by atoms with Crippen LogP contribution in [0.4, 0.5) is 9.59 Å². The molecule has 0 aliphatic carbocycles. The average molecular weight is 697 g/mol. The Balaban J connectivity index is 1.12. The highest BCUT2D eigenvalue weighted by Gasteiger charge is 2.37. The molecule has 51 heavy (non-hydrogen) atoms. The van der Waals surface area contributed by atoms with E-state index in [0.717, 1.165) is 75.7 Å². The standard InChI is InChI=1S/C37H44N8O6/c1-21-31(42-33(39-21)30-9-7-18-44(30)34(46)22(2)40-36(48)51-5)27-16-12-25(13-17-27)24-10-14-26(15-11-24)28-20-38-32(41-28)29-8-6-19-45(29)35(47)23(3)43(4)37(49)50/h10-17,20,22-23,29-30H,6-9,18-19H2,1-5H3,(H,38,41)(H,39,42)(H,40,48)(H,49,50)/t22-,23-,29-,30-/m0/s1. The Morgan fingerprint density at radius 1 is 0.863 bits per heavy atom. The number of nitrogens with zero attached hydrogens (tertiary/aromatic N) is 5. The first-order valence-electron chi connectivity index (χ1n) is 17.2. The molecule has 14 heteroatoms. The van der Waals surface area contributed by atoms with Crippen molar-refractivity contribution < 1.29 is 29.0 Å². The van der Waals surface area contributed by atoms with Gasteiger partial charge in [-0.05, 0) is 63.1 Å². The topological polar surface area (TPSA) is 177 Å². The van der Waals surface area contributed by atoms with Crippen molar-refractivity contribution in [2.24, 2.45) is 0 Å². The molecule has 6 rings (SSSR count). The van der Waals surface area contributed by atoms with Crippen LogP contribution >= 0.6 is 0 Å². The lowest BCUT2D eigenvalue weighted by atomic mass is 10.0. The van der Waals surface area contributed by atoms with Crippen molar-refractivity contribution in [2.45, 2.75) is 70.6 Å². The summed E-state index contributed by atoms with van der Waals surface area (Å²) in [5.41, 5.74) is 6.58. The van der Waals surface area contributed by atoms with Crippen LogP contribution in [-0.2, 0) is 14.3 Å². The first-order chi connectivity index (χ1) is 24.5. The zero-order valence-electron chi connectivity index (χ0n) is 29.5. The Morgan fingerprint density at radius 2 is 1.41 bits per heavy atom. The number of carboxylic acid groups (broad SMARTS) is 1. The van der Waals surface area contributed by atoms with Crippen LogP contribution in [0.2, 0.25) is 0 Å². The average Bonchev–Trinajstić information content (AvgIpc) is 3.97. The summed E-state index contributed by atoms with van der Waals surface area (Å²) in [6.07, 6.45) is 3.19. The van der Waals surface area contributed by atoms with Crippen LogP contribution in [0.5, 0.6) is 0 Å². The highest BCUT2D eigenvalue weighted by molar-refractivity contribution is 5.86. The third kappa shape index (κ3) is 7.16. The number of alkyl carbamates (subject to hydrolysis) is 1. The number of hydrogen-bond donors (Lipinski definition) is 4. The van der Waals surface area contributed by atoms with Crippen LogP contribution in [0.3, 0.4) is 0 Å². The van der Waals surface area contributed by atoms with Gasteiger partial charge >= 0.3 is 12.2 Å². The molecule has 0 saturated carbocycles. The lowest BCUT2D eigenvalue weighted by molar-refractivity contribution is -0.136. The fourth-order valence-corrected chi connectivity index (χ4v) is 6.98. The highest BCUT2D eigenvalue weighted by Crippen LogP contribution is 2.35. The molecule has 2 aliphatic heterocycles. The summed E-state index contributed by atoms with van der Waals surface area (Å²) in [5.74, 6) is 1.02. The third-order valence-corrected chi connectivity index (χ3v) is 10.0. The van der Waals surface area contributed by atoms with Gasteiger partial charge in [-0.2, -0.15) is 0 Å². The van der Waals surface area contributed by atoms with Gasteiger partial charge in [0.25, 0.3) is 0 Å². The summed E-state index contributed by atoms with van der Waals surface area (Å²) in [5, 5.41) is 11.9. The molecule has 2 fully saturated rings. The maximum atomic E-state index is 13.1. The lowest BCUT2D eigenvalue weighted by Crippen LogP contribution is -2.47. The molecule has 4 heterocycles. The maximum Gasteiger partial charge on any atom is 0.407 e. The van der Waals surface area contributed by atoms with Crippen LogP contribution < -0.4 is 5.32 Å². The highest BCUT2D eigenvalue weighted by atomic mass is 16.5. The van der Waals surface area contributed by atoms with Gasteiger partial charge in [-0.15, -0.1) is 0 Å². The number of H-pyrrole nitrogens is 2. The number of ether oxygens (including phenoxy) is 1. The number of carbonyl (C=O) groups is 4. The lowest BCUT2D eigenvalue weighted by Gasteiger charge is -2.29. The van der Waals surface area contributed by atoms with E-state index in [1.165, 1.54) is 14.2 Å². The Labute approximate surface area is 296 Å². The molecular weight excluding hydrogens is 652 g/mol. The number of hydrogen-bond acceptors (Lipinski definition) is 7. The quantitative estimate of drug-likeness (QED) is 0.177. The van der Waals surface area contributed by atoms with Crippen molar-refractivity contribution in [3.63, 3.8) is 0 Å². The number of benzene rings is 2. The summed E-state index contributed by atoms with van der Waals surface area (Å²) in [7, 11) is 2.67. The van der Waals surface area contributed by atoms with Gasteiger partial charge in [0.1, 0.15) is 23.7 Å². The van der Waals surface area contributed by atoms with Crippen molar-refractivity contribution in [3.8, 4) is 33.6 Å².